The van der Waals surface area contributed by atoms with Gasteiger partial charge < -0.3 is 14.0 Å². The summed E-state index contributed by atoms with van der Waals surface area (Å²) in [6.07, 6.45) is 14.4. The fraction of sp³-hybridized carbons (Fsp3) is 0.364. The minimum Gasteiger partial charge on any atom is -0.488 e. The topological polar surface area (TPSA) is 49.2 Å². The second-order valence-electron chi connectivity index (χ2n) is 13.6. The van der Waals surface area contributed by atoms with Crippen LogP contribution in [0.4, 0.5) is 0 Å². The average molecular weight is 810 g/mol. The molecule has 0 spiro atoms. The van der Waals surface area contributed by atoms with E-state index in [4.69, 9.17) is 19.4 Å². The molecule has 2 heterocycles. The minimum atomic E-state index is 0.625. The van der Waals surface area contributed by atoms with Crippen molar-refractivity contribution in [1.82, 2.24) is 14.5 Å². The predicted molar refractivity (Wildman–Crippen MR) is 222 cm³/mol. The van der Waals surface area contributed by atoms with E-state index in [-0.39, 0.29) is 0 Å². The summed E-state index contributed by atoms with van der Waals surface area (Å²) < 4.78 is 17.1. The van der Waals surface area contributed by atoms with Gasteiger partial charge in [0.2, 0.25) is 0 Å². The van der Waals surface area contributed by atoms with Crippen molar-refractivity contribution in [1.29, 1.82) is 0 Å². The van der Waals surface area contributed by atoms with Crippen LogP contribution in [0.5, 0.6) is 11.5 Å². The molecule has 2 aromatic heterocycles. The van der Waals surface area contributed by atoms with Gasteiger partial charge in [0.15, 0.2) is 11.5 Å². The SMILES string of the molecule is CCCCCCCCOc1c(OCCCCCCCC)c(Br)c2nc3c(cc(-n4c5ccccc5c5ccccc54)c4ccccc43)nc2c1Br. The van der Waals surface area contributed by atoms with E-state index in [1.54, 1.807) is 0 Å². The smallest absolute Gasteiger partial charge is 0.178 e. The lowest BCUT2D eigenvalue weighted by atomic mass is 10.1. The molecule has 0 saturated heterocycles. The Morgan fingerprint density at radius 3 is 1.51 bits per heavy atom. The molecule has 0 fully saturated rings. The summed E-state index contributed by atoms with van der Waals surface area (Å²) in [5, 5.41) is 4.64. The Bertz CT molecular complexity index is 2240. The highest BCUT2D eigenvalue weighted by Crippen LogP contribution is 2.48. The summed E-state index contributed by atoms with van der Waals surface area (Å²) in [6, 6.07) is 28.0. The number of unbranched alkanes of at least 4 members (excludes halogenated alkanes) is 10. The zero-order chi connectivity index (χ0) is 35.2. The quantitative estimate of drug-likeness (QED) is 0.0522. The Morgan fingerprint density at radius 2 is 0.961 bits per heavy atom. The largest absolute Gasteiger partial charge is 0.488 e. The fourth-order valence-electron chi connectivity index (χ4n) is 7.33. The first-order chi connectivity index (χ1) is 25.1. The van der Waals surface area contributed by atoms with Crippen LogP contribution in [0.3, 0.4) is 0 Å². The van der Waals surface area contributed by atoms with Crippen LogP contribution >= 0.6 is 31.9 Å². The van der Waals surface area contributed by atoms with E-state index in [0.717, 1.165) is 73.2 Å². The predicted octanol–water partition coefficient (Wildman–Crippen LogP) is 14.0. The molecule has 0 aliphatic rings. The first-order valence-corrected chi connectivity index (χ1v) is 20.5. The third-order valence-electron chi connectivity index (χ3n) is 9.98. The normalized spacial score (nSPS) is 11.8. The van der Waals surface area contributed by atoms with E-state index in [1.165, 1.54) is 73.2 Å². The van der Waals surface area contributed by atoms with E-state index < -0.39 is 0 Å². The summed E-state index contributed by atoms with van der Waals surface area (Å²) in [4.78, 5) is 10.7. The monoisotopic (exact) mass is 807 g/mol. The molecule has 0 aliphatic heterocycles. The molecule has 0 atom stereocenters. The van der Waals surface area contributed by atoms with Crippen molar-refractivity contribution >= 4 is 86.5 Å². The Balaban J connectivity index is 1.34. The zero-order valence-electron chi connectivity index (χ0n) is 29.8. The maximum Gasteiger partial charge on any atom is 0.178 e. The number of benzene rings is 5. The standard InChI is InChI=1S/C44H47Br2N3O2/c1-3-5-7-9-11-19-27-50-43-38(45)41-42(39(46)44(43)51-28-20-12-10-8-6-4-2)48-40-33-24-14-13-23-32(33)37(29-34(40)47-41)49-35-25-17-15-21-30(35)31-22-16-18-26-36(31)49/h13-18,21-26,29H,3-12,19-20,27-28H2,1-2H3. The number of halogens is 2. The first kappa shape index (κ1) is 35.7. The van der Waals surface area contributed by atoms with E-state index in [2.05, 4.69) is 129 Å². The van der Waals surface area contributed by atoms with Gasteiger partial charge in [0.1, 0.15) is 11.0 Å². The van der Waals surface area contributed by atoms with Crippen LogP contribution < -0.4 is 9.47 Å². The molecule has 0 unspecified atom stereocenters. The molecule has 5 nitrogen and oxygen atoms in total. The second kappa shape index (κ2) is 16.8. The summed E-state index contributed by atoms with van der Waals surface area (Å²) in [5.41, 5.74) is 6.61. The summed E-state index contributed by atoms with van der Waals surface area (Å²) >= 11 is 7.88. The van der Waals surface area contributed by atoms with E-state index >= 15 is 0 Å². The van der Waals surface area contributed by atoms with Crippen LogP contribution in [0.2, 0.25) is 0 Å². The number of fused-ring (bicyclic) bond motifs is 7. The molecule has 51 heavy (non-hydrogen) atoms. The van der Waals surface area contributed by atoms with Crippen LogP contribution in [0.1, 0.15) is 90.9 Å². The van der Waals surface area contributed by atoms with Gasteiger partial charge in [-0.2, -0.15) is 0 Å². The Kier molecular flexibility index (Phi) is 11.7. The van der Waals surface area contributed by atoms with E-state index in [1.807, 2.05) is 0 Å². The van der Waals surface area contributed by atoms with Crippen molar-refractivity contribution in [2.75, 3.05) is 13.2 Å². The third kappa shape index (κ3) is 7.34. The number of aromatic nitrogens is 3. The van der Waals surface area contributed by atoms with Gasteiger partial charge in [0.05, 0.1) is 49.9 Å². The molecule has 7 aromatic rings. The van der Waals surface area contributed by atoms with Gasteiger partial charge in [-0.3, -0.25) is 0 Å². The molecule has 7 rings (SSSR count). The van der Waals surface area contributed by atoms with Gasteiger partial charge in [-0.1, -0.05) is 139 Å². The van der Waals surface area contributed by atoms with Crippen LogP contribution in [-0.4, -0.2) is 27.7 Å². The van der Waals surface area contributed by atoms with Crippen molar-refractivity contribution in [2.45, 2.75) is 90.9 Å². The summed E-state index contributed by atoms with van der Waals surface area (Å²) in [5.74, 6) is 1.40. The lowest BCUT2D eigenvalue weighted by Gasteiger charge is -2.19. The highest BCUT2D eigenvalue weighted by molar-refractivity contribution is 9.11. The first-order valence-electron chi connectivity index (χ1n) is 18.9. The molecule has 264 valence electrons. The number of rotatable bonds is 17. The zero-order valence-corrected chi connectivity index (χ0v) is 33.0. The number of hydrogen-bond acceptors (Lipinski definition) is 4. The number of nitrogens with zero attached hydrogens (tertiary/aromatic N) is 3. The van der Waals surface area contributed by atoms with Gasteiger partial charge in [-0.15, -0.1) is 0 Å². The molecule has 0 saturated carbocycles. The van der Waals surface area contributed by atoms with Gasteiger partial charge in [-0.25, -0.2) is 9.97 Å². The van der Waals surface area contributed by atoms with Crippen LogP contribution in [0, 0.1) is 0 Å². The minimum absolute atomic E-state index is 0.625. The maximum absolute atomic E-state index is 6.56. The van der Waals surface area contributed by atoms with E-state index in [9.17, 15) is 0 Å². The van der Waals surface area contributed by atoms with Crippen molar-refractivity contribution < 1.29 is 9.47 Å². The van der Waals surface area contributed by atoms with Gasteiger partial charge >= 0.3 is 0 Å². The van der Waals surface area contributed by atoms with Gasteiger partial charge in [-0.05, 0) is 62.9 Å². The maximum atomic E-state index is 6.56. The lowest BCUT2D eigenvalue weighted by molar-refractivity contribution is 0.256. The molecule has 0 bridgehead atoms. The summed E-state index contributed by atoms with van der Waals surface area (Å²) in [6.45, 7) is 5.76. The fourth-order valence-corrected chi connectivity index (χ4v) is 8.47. The molecular formula is C44H47Br2N3O2. The Hall–Kier alpha value is -3.68. The van der Waals surface area contributed by atoms with E-state index in [0.29, 0.717) is 24.7 Å². The van der Waals surface area contributed by atoms with Gasteiger partial charge in [0.25, 0.3) is 0 Å². The summed E-state index contributed by atoms with van der Waals surface area (Å²) in [7, 11) is 0. The molecule has 5 aromatic carbocycles. The molecule has 0 radical (unpaired) electrons. The van der Waals surface area contributed by atoms with Crippen LogP contribution in [0.15, 0.2) is 87.8 Å². The average Bonchev–Trinajstić information content (AvgIpc) is 3.50. The molecular weight excluding hydrogens is 762 g/mol. The van der Waals surface area contributed by atoms with Gasteiger partial charge in [0, 0.05) is 21.5 Å². The number of ether oxygens (including phenoxy) is 2. The van der Waals surface area contributed by atoms with Crippen LogP contribution in [-0.2, 0) is 0 Å². The highest BCUT2D eigenvalue weighted by atomic mass is 79.9. The molecule has 0 aliphatic carbocycles. The van der Waals surface area contributed by atoms with Crippen LogP contribution in [0.25, 0.3) is 60.3 Å². The third-order valence-corrected chi connectivity index (χ3v) is 11.5. The van der Waals surface area contributed by atoms with Crippen molar-refractivity contribution in [3.05, 3.63) is 87.8 Å². The Labute approximate surface area is 318 Å². The molecule has 7 heteroatoms. The number of hydrogen-bond donors (Lipinski definition) is 0. The lowest BCUT2D eigenvalue weighted by Crippen LogP contribution is -2.06. The second-order valence-corrected chi connectivity index (χ2v) is 15.2. The van der Waals surface area contributed by atoms with Crippen molar-refractivity contribution in [2.24, 2.45) is 0 Å². The molecule has 0 amide bonds. The van der Waals surface area contributed by atoms with Crippen molar-refractivity contribution in [3.63, 3.8) is 0 Å². The highest BCUT2D eigenvalue weighted by Gasteiger charge is 2.24. The molecule has 0 N–H and O–H groups in total. The van der Waals surface area contributed by atoms with Crippen molar-refractivity contribution in [3.8, 4) is 17.2 Å². The number of para-hydroxylation sites is 2. The Morgan fingerprint density at radius 1 is 0.510 bits per heavy atom.